The maximum absolute atomic E-state index is 12.3. The van der Waals surface area contributed by atoms with Crippen LogP contribution in [-0.4, -0.2) is 44.7 Å². The summed E-state index contributed by atoms with van der Waals surface area (Å²) < 4.78 is 10.7. The molecule has 6 heteroatoms. The molecule has 1 heterocycles. The normalized spacial score (nSPS) is 14.7. The minimum atomic E-state index is -0.0124. The summed E-state index contributed by atoms with van der Waals surface area (Å²) in [4.78, 5) is 14.5. The number of benzene rings is 2. The van der Waals surface area contributed by atoms with Crippen LogP contribution in [0.15, 0.2) is 42.5 Å². The van der Waals surface area contributed by atoms with Crippen LogP contribution in [0.25, 0.3) is 0 Å². The van der Waals surface area contributed by atoms with E-state index < -0.39 is 0 Å². The molecule has 1 saturated heterocycles. The summed E-state index contributed by atoms with van der Waals surface area (Å²) in [5.41, 5.74) is 2.54. The number of ether oxygens (including phenoxy) is 2. The van der Waals surface area contributed by atoms with E-state index in [1.54, 1.807) is 38.5 Å². The van der Waals surface area contributed by atoms with Crippen LogP contribution in [0.1, 0.15) is 30.4 Å². The van der Waals surface area contributed by atoms with Crippen molar-refractivity contribution >= 4 is 11.6 Å². The Morgan fingerprint density at radius 1 is 1.10 bits per heavy atom. The Kier molecular flexibility index (Phi) is 7.69. The Morgan fingerprint density at radius 2 is 1.73 bits per heavy atom. The molecule has 2 aromatic rings. The number of methoxy groups -OCH3 is 2. The number of rotatable bonds is 8. The molecule has 3 rings (SSSR count). The average molecular weight is 408 g/mol. The molecule has 2 aromatic carbocycles. The van der Waals surface area contributed by atoms with Gasteiger partial charge in [-0.3, -0.25) is 9.69 Å². The number of carbonyl (C=O) groups is 1. The van der Waals surface area contributed by atoms with Crippen LogP contribution in [0.5, 0.6) is 11.5 Å². The lowest BCUT2D eigenvalue weighted by Gasteiger charge is -2.31. The highest BCUT2D eigenvalue weighted by Gasteiger charge is 2.21. The lowest BCUT2D eigenvalue weighted by molar-refractivity contribution is -0.117. The molecule has 6 nitrogen and oxygen atoms in total. The summed E-state index contributed by atoms with van der Waals surface area (Å²) in [6, 6.07) is 15.1. The molecule has 1 N–H and O–H groups in total. The van der Waals surface area contributed by atoms with Crippen molar-refractivity contribution in [3.8, 4) is 17.6 Å². The summed E-state index contributed by atoms with van der Waals surface area (Å²) >= 11 is 0. The minimum absolute atomic E-state index is 0.0124. The van der Waals surface area contributed by atoms with Gasteiger partial charge in [0.2, 0.25) is 5.91 Å². The topological polar surface area (TPSA) is 74.6 Å². The number of nitriles is 1. The predicted molar refractivity (Wildman–Crippen MR) is 117 cm³/mol. The maximum atomic E-state index is 12.3. The molecule has 30 heavy (non-hydrogen) atoms. The van der Waals surface area contributed by atoms with E-state index in [9.17, 15) is 4.79 Å². The number of amides is 1. The first-order valence-electron chi connectivity index (χ1n) is 10.3. The summed E-state index contributed by atoms with van der Waals surface area (Å²) in [5, 5.41) is 11.7. The van der Waals surface area contributed by atoms with Gasteiger partial charge >= 0.3 is 0 Å². The summed E-state index contributed by atoms with van der Waals surface area (Å²) in [5.74, 6) is 2.31. The van der Waals surface area contributed by atoms with Crippen molar-refractivity contribution in [2.45, 2.75) is 25.7 Å². The number of aryl methyl sites for hydroxylation is 1. The van der Waals surface area contributed by atoms with Crippen LogP contribution in [0.3, 0.4) is 0 Å². The molecule has 1 amide bonds. The first kappa shape index (κ1) is 21.7. The number of piperidine rings is 1. The highest BCUT2D eigenvalue weighted by Crippen LogP contribution is 2.27. The number of hydrogen-bond donors (Lipinski definition) is 1. The number of hydrogen-bond acceptors (Lipinski definition) is 5. The number of nitrogens with zero attached hydrogens (tertiary/aromatic N) is 2. The zero-order valence-corrected chi connectivity index (χ0v) is 17.7. The molecule has 0 spiro atoms. The van der Waals surface area contributed by atoms with Crippen molar-refractivity contribution in [2.24, 2.45) is 5.92 Å². The highest BCUT2D eigenvalue weighted by atomic mass is 16.5. The van der Waals surface area contributed by atoms with E-state index >= 15 is 0 Å². The van der Waals surface area contributed by atoms with Crippen molar-refractivity contribution in [3.05, 3.63) is 53.6 Å². The summed E-state index contributed by atoms with van der Waals surface area (Å²) in [6.07, 6.45) is 4.33. The molecule has 0 atom stereocenters. The molecule has 0 aromatic heterocycles. The van der Waals surface area contributed by atoms with Crippen LogP contribution < -0.4 is 14.8 Å². The van der Waals surface area contributed by atoms with Gasteiger partial charge in [-0.2, -0.15) is 5.26 Å². The second-order valence-corrected chi connectivity index (χ2v) is 7.72. The SMILES string of the molecule is COc1cc(CCC2CCN(CC(=O)Nc3ccc(C#N)cc3)CC2)cc(OC)c1. The Labute approximate surface area is 178 Å². The number of likely N-dealkylation sites (tertiary alicyclic amines) is 1. The molecule has 0 bridgehead atoms. The Balaban J connectivity index is 1.41. The molecule has 1 fully saturated rings. The van der Waals surface area contributed by atoms with E-state index in [4.69, 9.17) is 14.7 Å². The zero-order chi connectivity index (χ0) is 21.3. The van der Waals surface area contributed by atoms with Gasteiger partial charge in [-0.15, -0.1) is 0 Å². The molecular formula is C24H29N3O3. The zero-order valence-electron chi connectivity index (χ0n) is 17.7. The first-order valence-corrected chi connectivity index (χ1v) is 10.3. The fraction of sp³-hybridized carbons (Fsp3) is 0.417. The van der Waals surface area contributed by atoms with Crippen molar-refractivity contribution in [1.29, 1.82) is 5.26 Å². The van der Waals surface area contributed by atoms with Gasteiger partial charge in [-0.05, 0) is 86.7 Å². The van der Waals surface area contributed by atoms with Crippen molar-refractivity contribution in [1.82, 2.24) is 4.90 Å². The molecule has 1 aliphatic heterocycles. The van der Waals surface area contributed by atoms with Crippen molar-refractivity contribution in [3.63, 3.8) is 0 Å². The van der Waals surface area contributed by atoms with Crippen molar-refractivity contribution in [2.75, 3.05) is 39.2 Å². The van der Waals surface area contributed by atoms with Crippen LogP contribution in [0, 0.1) is 17.2 Å². The average Bonchev–Trinajstić information content (AvgIpc) is 2.78. The van der Waals surface area contributed by atoms with Crippen LogP contribution in [0.2, 0.25) is 0 Å². The van der Waals surface area contributed by atoms with Gasteiger partial charge in [0, 0.05) is 11.8 Å². The standard InChI is InChI=1S/C24H29N3O3/c1-29-22-13-20(14-23(15-22)30-2)4-3-18-9-11-27(12-10-18)17-24(28)26-21-7-5-19(16-25)6-8-21/h5-8,13-15,18H,3-4,9-12,17H2,1-2H3,(H,26,28). The number of anilines is 1. The van der Waals surface area contributed by atoms with Crippen LogP contribution in [0.4, 0.5) is 5.69 Å². The van der Waals surface area contributed by atoms with Gasteiger partial charge in [0.25, 0.3) is 0 Å². The molecule has 0 saturated carbocycles. The third-order valence-electron chi connectivity index (χ3n) is 5.62. The quantitative estimate of drug-likeness (QED) is 0.719. The molecule has 1 aliphatic rings. The summed E-state index contributed by atoms with van der Waals surface area (Å²) in [6.45, 7) is 2.28. The molecule has 0 aliphatic carbocycles. The summed E-state index contributed by atoms with van der Waals surface area (Å²) in [7, 11) is 3.34. The lowest BCUT2D eigenvalue weighted by atomic mass is 9.90. The predicted octanol–water partition coefficient (Wildman–Crippen LogP) is 3.86. The van der Waals surface area contributed by atoms with Gasteiger partial charge in [-0.1, -0.05) is 0 Å². The maximum Gasteiger partial charge on any atom is 0.238 e. The van der Waals surface area contributed by atoms with E-state index in [0.717, 1.165) is 56.0 Å². The van der Waals surface area contributed by atoms with Gasteiger partial charge in [0.1, 0.15) is 11.5 Å². The Bertz CT molecular complexity index is 859. The smallest absolute Gasteiger partial charge is 0.238 e. The fourth-order valence-electron chi connectivity index (χ4n) is 3.85. The van der Waals surface area contributed by atoms with Gasteiger partial charge in [-0.25, -0.2) is 0 Å². The first-order chi connectivity index (χ1) is 14.6. The van der Waals surface area contributed by atoms with Gasteiger partial charge in [0.15, 0.2) is 0 Å². The lowest BCUT2D eigenvalue weighted by Crippen LogP contribution is -2.39. The van der Waals surface area contributed by atoms with Crippen LogP contribution >= 0.6 is 0 Å². The van der Waals surface area contributed by atoms with E-state index in [1.807, 2.05) is 6.07 Å². The molecule has 158 valence electrons. The fourth-order valence-corrected chi connectivity index (χ4v) is 3.85. The second-order valence-electron chi connectivity index (χ2n) is 7.72. The minimum Gasteiger partial charge on any atom is -0.497 e. The third kappa shape index (κ3) is 6.23. The molecule has 0 unspecified atom stereocenters. The Morgan fingerprint density at radius 3 is 2.30 bits per heavy atom. The van der Waals surface area contributed by atoms with Crippen molar-refractivity contribution < 1.29 is 14.3 Å². The molecule has 0 radical (unpaired) electrons. The number of nitrogens with one attached hydrogen (secondary N) is 1. The third-order valence-corrected chi connectivity index (χ3v) is 5.62. The molecular weight excluding hydrogens is 378 g/mol. The monoisotopic (exact) mass is 407 g/mol. The Hall–Kier alpha value is -3.04. The van der Waals surface area contributed by atoms with E-state index in [2.05, 4.69) is 28.4 Å². The highest BCUT2D eigenvalue weighted by molar-refractivity contribution is 5.92. The van der Waals surface area contributed by atoms with Gasteiger partial charge < -0.3 is 14.8 Å². The largest absolute Gasteiger partial charge is 0.497 e. The number of carbonyl (C=O) groups excluding carboxylic acids is 1. The van der Waals surface area contributed by atoms with E-state index in [-0.39, 0.29) is 5.91 Å². The van der Waals surface area contributed by atoms with Gasteiger partial charge in [0.05, 0.1) is 32.4 Å². The van der Waals surface area contributed by atoms with E-state index in [0.29, 0.717) is 18.0 Å². The second kappa shape index (κ2) is 10.7. The van der Waals surface area contributed by atoms with E-state index in [1.165, 1.54) is 5.56 Å². The van der Waals surface area contributed by atoms with Crippen LogP contribution in [-0.2, 0) is 11.2 Å².